The molecule has 2 aromatic rings. The van der Waals surface area contributed by atoms with Crippen molar-refractivity contribution in [2.24, 2.45) is 0 Å². The van der Waals surface area contributed by atoms with Crippen LogP contribution in [0.15, 0.2) is 42.7 Å². The number of halogens is 1. The highest BCUT2D eigenvalue weighted by Gasteiger charge is 2.20. The fourth-order valence-electron chi connectivity index (χ4n) is 3.35. The number of hydrogen-bond donors (Lipinski definition) is 1. The number of benzene rings is 1. The second-order valence-corrected chi connectivity index (χ2v) is 6.59. The Labute approximate surface area is 149 Å². The maximum absolute atomic E-state index is 13.9. The van der Waals surface area contributed by atoms with Crippen LogP contribution in [0.3, 0.4) is 0 Å². The molecule has 0 bridgehead atoms. The number of hydrogen-bond acceptors (Lipinski definition) is 4. The largest absolute Gasteiger partial charge is 0.369 e. The van der Waals surface area contributed by atoms with Crippen LogP contribution < -0.4 is 10.2 Å². The molecule has 0 spiro atoms. The van der Waals surface area contributed by atoms with E-state index >= 15 is 0 Å². The first-order chi connectivity index (χ1) is 12.2. The predicted octanol–water partition coefficient (Wildman–Crippen LogP) is 3.21. The summed E-state index contributed by atoms with van der Waals surface area (Å²) >= 11 is 0. The minimum atomic E-state index is -0.180. The molecule has 134 valence electrons. The number of nitrogens with one attached hydrogen (secondary N) is 1. The first kappa shape index (κ1) is 17.8. The van der Waals surface area contributed by atoms with Gasteiger partial charge in [-0.3, -0.25) is 4.98 Å². The molecule has 3 rings (SSSR count). The van der Waals surface area contributed by atoms with Crippen molar-refractivity contribution in [3.63, 3.8) is 0 Å². The monoisotopic (exact) mass is 342 g/mol. The van der Waals surface area contributed by atoms with E-state index in [1.165, 1.54) is 0 Å². The standard InChI is InChI=1S/C20H27FN4/c1-3-24-9-11-25(12-10-24)20-7-6-18(21)13-19(20)16(2)23-15-17-5-4-8-22-14-17/h4-8,13-14,16,23H,3,9-12,15H2,1-2H3. The molecule has 1 saturated heterocycles. The third-order valence-corrected chi connectivity index (χ3v) is 4.95. The minimum Gasteiger partial charge on any atom is -0.369 e. The number of pyridine rings is 1. The molecule has 0 amide bonds. The highest BCUT2D eigenvalue weighted by Crippen LogP contribution is 2.28. The lowest BCUT2D eigenvalue weighted by molar-refractivity contribution is 0.271. The Bertz CT molecular complexity index is 669. The van der Waals surface area contributed by atoms with Gasteiger partial charge < -0.3 is 15.1 Å². The minimum absolute atomic E-state index is 0.0649. The molecule has 0 saturated carbocycles. The fraction of sp³-hybridized carbons (Fsp3) is 0.450. The van der Waals surface area contributed by atoms with Crippen molar-refractivity contribution < 1.29 is 4.39 Å². The molecule has 5 heteroatoms. The zero-order chi connectivity index (χ0) is 17.6. The zero-order valence-electron chi connectivity index (χ0n) is 15.1. The lowest BCUT2D eigenvalue weighted by atomic mass is 10.0. The Morgan fingerprint density at radius 3 is 2.68 bits per heavy atom. The predicted molar refractivity (Wildman–Crippen MR) is 100 cm³/mol. The summed E-state index contributed by atoms with van der Waals surface area (Å²) in [5, 5.41) is 3.50. The summed E-state index contributed by atoms with van der Waals surface area (Å²) in [5.41, 5.74) is 3.29. The quantitative estimate of drug-likeness (QED) is 0.873. The Morgan fingerprint density at radius 1 is 1.20 bits per heavy atom. The van der Waals surface area contributed by atoms with Gasteiger partial charge in [-0.25, -0.2) is 4.39 Å². The lowest BCUT2D eigenvalue weighted by Gasteiger charge is -2.37. The van der Waals surface area contributed by atoms with Crippen molar-refractivity contribution in [3.05, 3.63) is 59.7 Å². The van der Waals surface area contributed by atoms with Crippen molar-refractivity contribution in [2.75, 3.05) is 37.6 Å². The van der Waals surface area contributed by atoms with E-state index in [0.717, 1.165) is 49.5 Å². The number of aromatic nitrogens is 1. The van der Waals surface area contributed by atoms with Crippen molar-refractivity contribution in [1.29, 1.82) is 0 Å². The van der Waals surface area contributed by atoms with Gasteiger partial charge in [-0.2, -0.15) is 0 Å². The smallest absolute Gasteiger partial charge is 0.123 e. The maximum atomic E-state index is 13.9. The zero-order valence-corrected chi connectivity index (χ0v) is 15.1. The van der Waals surface area contributed by atoms with Gasteiger partial charge in [0.15, 0.2) is 0 Å². The molecule has 1 aromatic heterocycles. The Hall–Kier alpha value is -1.98. The molecule has 1 aliphatic heterocycles. The molecule has 1 fully saturated rings. The molecule has 1 aromatic carbocycles. The summed E-state index contributed by atoms with van der Waals surface area (Å²) in [5.74, 6) is -0.180. The summed E-state index contributed by atoms with van der Waals surface area (Å²) in [7, 11) is 0. The first-order valence-corrected chi connectivity index (χ1v) is 9.06. The van der Waals surface area contributed by atoms with Crippen LogP contribution in [-0.4, -0.2) is 42.6 Å². The maximum Gasteiger partial charge on any atom is 0.123 e. The first-order valence-electron chi connectivity index (χ1n) is 9.06. The van der Waals surface area contributed by atoms with E-state index < -0.39 is 0 Å². The van der Waals surface area contributed by atoms with Crippen LogP contribution in [0.4, 0.5) is 10.1 Å². The van der Waals surface area contributed by atoms with E-state index in [9.17, 15) is 4.39 Å². The SMILES string of the molecule is CCN1CCN(c2ccc(F)cc2C(C)NCc2cccnc2)CC1. The number of rotatable bonds is 6. The molecule has 0 radical (unpaired) electrons. The third kappa shape index (κ3) is 4.55. The lowest BCUT2D eigenvalue weighted by Crippen LogP contribution is -2.46. The van der Waals surface area contributed by atoms with Gasteiger partial charge in [0.25, 0.3) is 0 Å². The van der Waals surface area contributed by atoms with Crippen LogP contribution >= 0.6 is 0 Å². The highest BCUT2D eigenvalue weighted by atomic mass is 19.1. The second-order valence-electron chi connectivity index (χ2n) is 6.59. The van der Waals surface area contributed by atoms with E-state index in [1.54, 1.807) is 18.3 Å². The Balaban J connectivity index is 1.72. The van der Waals surface area contributed by atoms with Gasteiger partial charge in [-0.15, -0.1) is 0 Å². The van der Waals surface area contributed by atoms with Gasteiger partial charge in [-0.05, 0) is 48.9 Å². The van der Waals surface area contributed by atoms with Gasteiger partial charge >= 0.3 is 0 Å². The van der Waals surface area contributed by atoms with Gasteiger partial charge in [0, 0.05) is 56.8 Å². The van der Waals surface area contributed by atoms with Gasteiger partial charge in [0.1, 0.15) is 5.82 Å². The molecule has 1 unspecified atom stereocenters. The van der Waals surface area contributed by atoms with Gasteiger partial charge in [0.2, 0.25) is 0 Å². The number of nitrogens with zero attached hydrogens (tertiary/aromatic N) is 3. The van der Waals surface area contributed by atoms with Crippen LogP contribution in [-0.2, 0) is 6.54 Å². The number of anilines is 1. The molecule has 1 N–H and O–H groups in total. The number of likely N-dealkylation sites (N-methyl/N-ethyl adjacent to an activating group) is 1. The van der Waals surface area contributed by atoms with Gasteiger partial charge in [0.05, 0.1) is 0 Å². The average molecular weight is 342 g/mol. The van der Waals surface area contributed by atoms with Crippen molar-refractivity contribution in [3.8, 4) is 0 Å². The topological polar surface area (TPSA) is 31.4 Å². The molecule has 25 heavy (non-hydrogen) atoms. The highest BCUT2D eigenvalue weighted by molar-refractivity contribution is 5.55. The van der Waals surface area contributed by atoms with E-state index in [-0.39, 0.29) is 11.9 Å². The Morgan fingerprint density at radius 2 is 2.00 bits per heavy atom. The molecule has 1 aliphatic rings. The molecule has 4 nitrogen and oxygen atoms in total. The molecule has 1 atom stereocenters. The second kappa shape index (κ2) is 8.41. The van der Waals surface area contributed by atoms with Gasteiger partial charge in [-0.1, -0.05) is 13.0 Å². The van der Waals surface area contributed by atoms with Crippen molar-refractivity contribution in [1.82, 2.24) is 15.2 Å². The summed E-state index contributed by atoms with van der Waals surface area (Å²) < 4.78 is 13.9. The summed E-state index contributed by atoms with van der Waals surface area (Å²) in [6.45, 7) is 10.2. The van der Waals surface area contributed by atoms with Crippen LogP contribution in [0, 0.1) is 5.82 Å². The number of piperazine rings is 1. The molecule has 2 heterocycles. The third-order valence-electron chi connectivity index (χ3n) is 4.95. The van der Waals surface area contributed by atoms with Crippen molar-refractivity contribution >= 4 is 5.69 Å². The summed E-state index contributed by atoms with van der Waals surface area (Å²) in [6.07, 6.45) is 3.63. The normalized spacial score (nSPS) is 16.8. The molecular weight excluding hydrogens is 315 g/mol. The fourth-order valence-corrected chi connectivity index (χ4v) is 3.35. The van der Waals surface area contributed by atoms with Crippen molar-refractivity contribution in [2.45, 2.75) is 26.4 Å². The van der Waals surface area contributed by atoms with Crippen LogP contribution in [0.1, 0.15) is 31.0 Å². The van der Waals surface area contributed by atoms with Crippen LogP contribution in [0.2, 0.25) is 0 Å². The van der Waals surface area contributed by atoms with Crippen LogP contribution in [0.5, 0.6) is 0 Å². The average Bonchev–Trinajstić information content (AvgIpc) is 2.67. The molecule has 0 aliphatic carbocycles. The molecular formula is C20H27FN4. The van der Waals surface area contributed by atoms with E-state index in [1.807, 2.05) is 24.4 Å². The Kier molecular flexibility index (Phi) is 6.00. The van der Waals surface area contributed by atoms with E-state index in [4.69, 9.17) is 0 Å². The van der Waals surface area contributed by atoms with E-state index in [2.05, 4.69) is 33.9 Å². The summed E-state index contributed by atoms with van der Waals surface area (Å²) in [4.78, 5) is 8.97. The van der Waals surface area contributed by atoms with Crippen LogP contribution in [0.25, 0.3) is 0 Å². The van der Waals surface area contributed by atoms with E-state index in [0.29, 0.717) is 6.54 Å². The summed E-state index contributed by atoms with van der Waals surface area (Å²) in [6, 6.07) is 9.21.